The molecule has 0 bridgehead atoms. The van der Waals surface area contributed by atoms with Crippen LogP contribution in [-0.2, 0) is 20.9 Å². The Morgan fingerprint density at radius 1 is 1.12 bits per heavy atom. The van der Waals surface area contributed by atoms with Gasteiger partial charge >= 0.3 is 11.9 Å². The summed E-state index contributed by atoms with van der Waals surface area (Å²) in [6, 6.07) is 4.40. The fourth-order valence-electron chi connectivity index (χ4n) is 2.92. The number of aromatic nitrogens is 4. The number of aldehydes is 1. The Labute approximate surface area is 190 Å². The number of aliphatic carboxylic acids is 2. The molecule has 1 amide bonds. The average molecular weight is 469 g/mol. The minimum absolute atomic E-state index is 0.0354. The average Bonchev–Trinajstić information content (AvgIpc) is 2.80. The molecule has 7 N–H and O–H groups in total. The maximum atomic E-state index is 12.4. The first-order chi connectivity index (χ1) is 16.2. The van der Waals surface area contributed by atoms with Crippen LogP contribution in [0.1, 0.15) is 22.5 Å². The number of carboxylic acids is 2. The van der Waals surface area contributed by atoms with Crippen molar-refractivity contribution >= 4 is 46.9 Å². The maximum Gasteiger partial charge on any atom is 0.326 e. The Balaban J connectivity index is 1.64. The summed E-state index contributed by atoms with van der Waals surface area (Å²) >= 11 is 0. The number of carboxylic acid groups (broad SMARTS) is 2. The van der Waals surface area contributed by atoms with E-state index < -0.39 is 41.8 Å². The zero-order chi connectivity index (χ0) is 24.8. The normalized spacial score (nSPS) is 12.5. The summed E-state index contributed by atoms with van der Waals surface area (Å²) in [7, 11) is 0. The van der Waals surface area contributed by atoms with Crippen LogP contribution in [-0.4, -0.2) is 60.3 Å². The summed E-state index contributed by atoms with van der Waals surface area (Å²) in [5.41, 5.74) is 6.25. The molecule has 0 aliphatic carbocycles. The smallest absolute Gasteiger partial charge is 0.326 e. The Hall–Kier alpha value is -4.88. The van der Waals surface area contributed by atoms with Crippen molar-refractivity contribution in [3.63, 3.8) is 0 Å². The lowest BCUT2D eigenvalue weighted by molar-refractivity contribution is -0.145. The van der Waals surface area contributed by atoms with Gasteiger partial charge in [-0.2, -0.15) is 4.98 Å². The van der Waals surface area contributed by atoms with Crippen molar-refractivity contribution in [2.45, 2.75) is 19.0 Å². The molecule has 14 nitrogen and oxygen atoms in total. The molecule has 3 aromatic rings. The third-order valence-corrected chi connectivity index (χ3v) is 4.68. The Morgan fingerprint density at radius 2 is 1.82 bits per heavy atom. The molecule has 0 aliphatic rings. The van der Waals surface area contributed by atoms with Crippen LogP contribution in [0.2, 0.25) is 0 Å². The number of benzene rings is 1. The molecule has 0 saturated carbocycles. The summed E-state index contributed by atoms with van der Waals surface area (Å²) in [5.74, 6) is -5.32. The van der Waals surface area contributed by atoms with Gasteiger partial charge in [-0.05, 0) is 30.7 Å². The molecule has 14 heteroatoms. The van der Waals surface area contributed by atoms with Gasteiger partial charge in [0.05, 0.1) is 18.4 Å². The lowest BCUT2D eigenvalue weighted by atomic mass is 10.0. The Kier molecular flexibility index (Phi) is 7.10. The molecule has 0 saturated heterocycles. The fourth-order valence-corrected chi connectivity index (χ4v) is 2.92. The van der Waals surface area contributed by atoms with E-state index in [1.54, 1.807) is 12.1 Å². The van der Waals surface area contributed by atoms with Gasteiger partial charge in [0.1, 0.15) is 18.2 Å². The van der Waals surface area contributed by atoms with Crippen LogP contribution in [0, 0.1) is 5.92 Å². The van der Waals surface area contributed by atoms with E-state index in [1.165, 1.54) is 18.3 Å². The molecular formula is C20H19N7O7. The van der Waals surface area contributed by atoms with Crippen molar-refractivity contribution in [1.29, 1.82) is 0 Å². The molecule has 2 unspecified atom stereocenters. The SMILES string of the molecule is Nc1nc2ncc(CNc3ccc(C(=O)NC(CC(C=O)C(=O)O)C(=O)O)cc3)nc2c(=O)[nH]1. The second-order valence-corrected chi connectivity index (χ2v) is 7.10. The topological polar surface area (TPSA) is 230 Å². The third kappa shape index (κ3) is 5.67. The zero-order valence-corrected chi connectivity index (χ0v) is 17.4. The van der Waals surface area contributed by atoms with Gasteiger partial charge in [-0.25, -0.2) is 14.8 Å². The predicted molar refractivity (Wildman–Crippen MR) is 117 cm³/mol. The van der Waals surface area contributed by atoms with Gasteiger partial charge in [-0.1, -0.05) is 0 Å². The molecule has 34 heavy (non-hydrogen) atoms. The van der Waals surface area contributed by atoms with Crippen LogP contribution in [0.25, 0.3) is 11.2 Å². The van der Waals surface area contributed by atoms with Gasteiger partial charge in [0.15, 0.2) is 11.2 Å². The number of rotatable bonds is 10. The number of nitrogens with two attached hydrogens (primary N) is 1. The number of nitrogen functional groups attached to an aromatic ring is 1. The van der Waals surface area contributed by atoms with E-state index >= 15 is 0 Å². The van der Waals surface area contributed by atoms with Crippen LogP contribution in [0.3, 0.4) is 0 Å². The van der Waals surface area contributed by atoms with Gasteiger partial charge in [0.25, 0.3) is 11.5 Å². The molecule has 2 heterocycles. The molecule has 2 atom stereocenters. The number of carbonyl (C=O) groups is 4. The summed E-state index contributed by atoms with van der Waals surface area (Å²) in [4.78, 5) is 71.9. The molecule has 2 aromatic heterocycles. The number of carbonyl (C=O) groups excluding carboxylic acids is 2. The largest absolute Gasteiger partial charge is 0.481 e. The summed E-state index contributed by atoms with van der Waals surface area (Å²) in [6.45, 7) is 0.196. The van der Waals surface area contributed by atoms with E-state index in [9.17, 15) is 29.1 Å². The van der Waals surface area contributed by atoms with E-state index in [4.69, 9.17) is 10.8 Å². The highest BCUT2D eigenvalue weighted by molar-refractivity contribution is 5.97. The number of hydrogen-bond acceptors (Lipinski definition) is 10. The van der Waals surface area contributed by atoms with Crippen LogP contribution < -0.4 is 21.9 Å². The van der Waals surface area contributed by atoms with E-state index in [1.807, 2.05) is 0 Å². The highest BCUT2D eigenvalue weighted by Crippen LogP contribution is 2.13. The second kappa shape index (κ2) is 10.2. The summed E-state index contributed by atoms with van der Waals surface area (Å²) in [5, 5.41) is 23.4. The Bertz CT molecular complexity index is 1310. The van der Waals surface area contributed by atoms with Crippen molar-refractivity contribution in [2.24, 2.45) is 5.92 Å². The predicted octanol–water partition coefficient (Wildman–Crippen LogP) is -0.620. The standard InChI is InChI=1S/C20H19N7O7/c21-20-26-15-14(17(30)27-20)24-12(7-23-15)6-22-11-3-1-9(2-4-11)16(29)25-13(19(33)34)5-10(8-28)18(31)32/h1-4,7-8,10,13,22H,5-6H2,(H,25,29)(H,31,32)(H,33,34)(H3,21,23,26,27,30). The van der Waals surface area contributed by atoms with Gasteiger partial charge in [0, 0.05) is 11.3 Å². The molecule has 3 rings (SSSR count). The summed E-state index contributed by atoms with van der Waals surface area (Å²) in [6.07, 6.45) is 0.961. The van der Waals surface area contributed by atoms with Gasteiger partial charge in [0.2, 0.25) is 5.95 Å². The lowest BCUT2D eigenvalue weighted by Gasteiger charge is -2.16. The molecule has 0 fully saturated rings. The van der Waals surface area contributed by atoms with Gasteiger partial charge in [-0.15, -0.1) is 0 Å². The van der Waals surface area contributed by atoms with Crippen molar-refractivity contribution in [3.8, 4) is 0 Å². The lowest BCUT2D eigenvalue weighted by Crippen LogP contribution is -2.43. The molecule has 0 radical (unpaired) electrons. The zero-order valence-electron chi connectivity index (χ0n) is 17.4. The summed E-state index contributed by atoms with van der Waals surface area (Å²) < 4.78 is 0. The van der Waals surface area contributed by atoms with Crippen LogP contribution >= 0.6 is 0 Å². The fraction of sp³-hybridized carbons (Fsp3) is 0.200. The monoisotopic (exact) mass is 469 g/mol. The Morgan fingerprint density at radius 3 is 2.44 bits per heavy atom. The van der Waals surface area contributed by atoms with E-state index in [-0.39, 0.29) is 35.5 Å². The van der Waals surface area contributed by atoms with Gasteiger partial charge in [-0.3, -0.25) is 19.4 Å². The number of H-pyrrole nitrogens is 1. The molecule has 0 spiro atoms. The minimum atomic E-state index is -1.56. The number of hydrogen-bond donors (Lipinski definition) is 6. The van der Waals surface area contributed by atoms with Crippen molar-refractivity contribution < 1.29 is 29.4 Å². The quantitative estimate of drug-likeness (QED) is 0.161. The van der Waals surface area contributed by atoms with E-state index in [2.05, 4.69) is 30.6 Å². The number of nitrogens with zero attached hydrogens (tertiary/aromatic N) is 3. The van der Waals surface area contributed by atoms with Crippen LogP contribution in [0.4, 0.5) is 11.6 Å². The minimum Gasteiger partial charge on any atom is -0.481 e. The molecule has 0 aliphatic heterocycles. The second-order valence-electron chi connectivity index (χ2n) is 7.10. The van der Waals surface area contributed by atoms with Crippen molar-refractivity contribution in [1.82, 2.24) is 25.3 Å². The van der Waals surface area contributed by atoms with Gasteiger partial charge < -0.3 is 31.4 Å². The number of amides is 1. The third-order valence-electron chi connectivity index (χ3n) is 4.68. The van der Waals surface area contributed by atoms with Crippen molar-refractivity contribution in [3.05, 3.63) is 52.1 Å². The first-order valence-corrected chi connectivity index (χ1v) is 9.75. The van der Waals surface area contributed by atoms with Crippen LogP contribution in [0.15, 0.2) is 35.3 Å². The van der Waals surface area contributed by atoms with Crippen molar-refractivity contribution in [2.75, 3.05) is 11.1 Å². The molecular weight excluding hydrogens is 450 g/mol. The molecule has 1 aromatic carbocycles. The highest BCUT2D eigenvalue weighted by atomic mass is 16.4. The maximum absolute atomic E-state index is 12.4. The van der Waals surface area contributed by atoms with Crippen LogP contribution in [0.5, 0.6) is 0 Å². The number of nitrogens with one attached hydrogen (secondary N) is 3. The van der Waals surface area contributed by atoms with E-state index in [0.717, 1.165) is 0 Å². The number of aromatic amines is 1. The molecule has 176 valence electrons. The number of anilines is 2. The first-order valence-electron chi connectivity index (χ1n) is 9.75. The van der Waals surface area contributed by atoms with E-state index in [0.29, 0.717) is 11.4 Å². The highest BCUT2D eigenvalue weighted by Gasteiger charge is 2.28. The number of fused-ring (bicyclic) bond motifs is 1. The first kappa shape index (κ1) is 23.8.